The van der Waals surface area contributed by atoms with Gasteiger partial charge in [0.05, 0.1) is 0 Å². The van der Waals surface area contributed by atoms with E-state index in [1.807, 2.05) is 4.90 Å². The van der Waals surface area contributed by atoms with Crippen LogP contribution in [0.4, 0.5) is 0 Å². The highest BCUT2D eigenvalue weighted by Gasteiger charge is 2.24. The van der Waals surface area contributed by atoms with Gasteiger partial charge in [-0.1, -0.05) is 50.6 Å². The third-order valence-electron chi connectivity index (χ3n) is 3.90. The SMILES string of the molecule is Cc1cccc(CN2CCN(C(=O)CC(C)(C)C)CC2)c1. The van der Waals surface area contributed by atoms with Crippen LogP contribution < -0.4 is 0 Å². The Morgan fingerprint density at radius 2 is 1.81 bits per heavy atom. The zero-order chi connectivity index (χ0) is 15.5. The van der Waals surface area contributed by atoms with Crippen LogP contribution in [0.25, 0.3) is 0 Å². The van der Waals surface area contributed by atoms with Crippen LogP contribution in [0.2, 0.25) is 0 Å². The van der Waals surface area contributed by atoms with E-state index >= 15 is 0 Å². The Hall–Kier alpha value is -1.35. The molecule has 1 aromatic carbocycles. The van der Waals surface area contributed by atoms with Crippen molar-refractivity contribution in [1.29, 1.82) is 0 Å². The predicted molar refractivity (Wildman–Crippen MR) is 87.1 cm³/mol. The van der Waals surface area contributed by atoms with Crippen molar-refractivity contribution in [2.24, 2.45) is 5.41 Å². The van der Waals surface area contributed by atoms with Gasteiger partial charge >= 0.3 is 0 Å². The summed E-state index contributed by atoms with van der Waals surface area (Å²) in [4.78, 5) is 16.7. The molecular formula is C18H28N2O. The average Bonchev–Trinajstić information content (AvgIpc) is 2.37. The summed E-state index contributed by atoms with van der Waals surface area (Å²) in [5.41, 5.74) is 2.76. The molecule has 0 N–H and O–H groups in total. The topological polar surface area (TPSA) is 23.6 Å². The lowest BCUT2D eigenvalue weighted by molar-refractivity contribution is -0.134. The first kappa shape index (κ1) is 16.0. The quantitative estimate of drug-likeness (QED) is 0.853. The highest BCUT2D eigenvalue weighted by atomic mass is 16.2. The molecule has 3 heteroatoms. The Morgan fingerprint density at radius 1 is 1.14 bits per heavy atom. The van der Waals surface area contributed by atoms with E-state index in [-0.39, 0.29) is 5.41 Å². The number of aryl methyl sites for hydroxylation is 1. The second kappa shape index (κ2) is 6.61. The van der Waals surface area contributed by atoms with E-state index in [9.17, 15) is 4.79 Å². The van der Waals surface area contributed by atoms with Crippen molar-refractivity contribution in [2.75, 3.05) is 26.2 Å². The van der Waals surface area contributed by atoms with Gasteiger partial charge in [-0.2, -0.15) is 0 Å². The Kier molecular flexibility index (Phi) is 5.04. The Bertz CT molecular complexity index is 482. The lowest BCUT2D eigenvalue weighted by Crippen LogP contribution is -2.48. The number of nitrogens with zero attached hydrogens (tertiary/aromatic N) is 2. The van der Waals surface area contributed by atoms with Gasteiger partial charge in [-0.3, -0.25) is 9.69 Å². The van der Waals surface area contributed by atoms with E-state index in [0.29, 0.717) is 12.3 Å². The van der Waals surface area contributed by atoms with Gasteiger partial charge in [-0.05, 0) is 17.9 Å². The van der Waals surface area contributed by atoms with E-state index in [1.165, 1.54) is 11.1 Å². The van der Waals surface area contributed by atoms with Crippen LogP contribution in [-0.2, 0) is 11.3 Å². The maximum absolute atomic E-state index is 12.2. The first-order chi connectivity index (χ1) is 9.83. The minimum Gasteiger partial charge on any atom is -0.340 e. The number of carbonyl (C=O) groups excluding carboxylic acids is 1. The summed E-state index contributed by atoms with van der Waals surface area (Å²) < 4.78 is 0. The molecule has 1 aliphatic heterocycles. The summed E-state index contributed by atoms with van der Waals surface area (Å²) in [7, 11) is 0. The highest BCUT2D eigenvalue weighted by molar-refractivity contribution is 5.76. The second-order valence-electron chi connectivity index (χ2n) is 7.38. The van der Waals surface area contributed by atoms with Gasteiger partial charge in [-0.15, -0.1) is 0 Å². The van der Waals surface area contributed by atoms with E-state index in [2.05, 4.69) is 56.9 Å². The van der Waals surface area contributed by atoms with Crippen molar-refractivity contribution in [1.82, 2.24) is 9.80 Å². The Morgan fingerprint density at radius 3 is 2.38 bits per heavy atom. The van der Waals surface area contributed by atoms with Crippen molar-refractivity contribution in [2.45, 2.75) is 40.7 Å². The van der Waals surface area contributed by atoms with Crippen molar-refractivity contribution < 1.29 is 4.79 Å². The molecule has 1 saturated heterocycles. The Labute approximate surface area is 128 Å². The van der Waals surface area contributed by atoms with Crippen LogP contribution in [0.15, 0.2) is 24.3 Å². The van der Waals surface area contributed by atoms with Crippen molar-refractivity contribution in [3.05, 3.63) is 35.4 Å². The molecular weight excluding hydrogens is 260 g/mol. The van der Waals surface area contributed by atoms with E-state index < -0.39 is 0 Å². The summed E-state index contributed by atoms with van der Waals surface area (Å²) in [6.07, 6.45) is 0.644. The standard InChI is InChI=1S/C18H28N2O/c1-15-6-5-7-16(12-15)14-19-8-10-20(11-9-19)17(21)13-18(2,3)4/h5-7,12H,8-11,13-14H2,1-4H3. The van der Waals surface area contributed by atoms with Gasteiger partial charge in [0.2, 0.25) is 5.91 Å². The molecule has 0 aliphatic carbocycles. The third kappa shape index (κ3) is 5.16. The number of hydrogen-bond acceptors (Lipinski definition) is 2. The van der Waals surface area contributed by atoms with Gasteiger partial charge in [0.1, 0.15) is 0 Å². The summed E-state index contributed by atoms with van der Waals surface area (Å²) in [6, 6.07) is 8.68. The third-order valence-corrected chi connectivity index (χ3v) is 3.90. The fourth-order valence-electron chi connectivity index (χ4n) is 2.79. The molecule has 0 spiro atoms. The van der Waals surface area contributed by atoms with Crippen molar-refractivity contribution in [3.63, 3.8) is 0 Å². The minimum atomic E-state index is 0.0791. The largest absolute Gasteiger partial charge is 0.340 e. The molecule has 2 rings (SSSR count). The highest BCUT2D eigenvalue weighted by Crippen LogP contribution is 2.20. The van der Waals surface area contributed by atoms with Gasteiger partial charge in [0.15, 0.2) is 0 Å². The fourth-order valence-corrected chi connectivity index (χ4v) is 2.79. The smallest absolute Gasteiger partial charge is 0.223 e. The molecule has 0 unspecified atom stereocenters. The monoisotopic (exact) mass is 288 g/mol. The normalized spacial score (nSPS) is 17.0. The number of hydrogen-bond donors (Lipinski definition) is 0. The zero-order valence-electron chi connectivity index (χ0n) is 13.9. The van der Waals surface area contributed by atoms with Crippen LogP contribution in [0, 0.1) is 12.3 Å². The van der Waals surface area contributed by atoms with Crippen molar-refractivity contribution in [3.8, 4) is 0 Å². The summed E-state index contributed by atoms with van der Waals surface area (Å²) in [5, 5.41) is 0. The molecule has 1 heterocycles. The molecule has 1 fully saturated rings. The fraction of sp³-hybridized carbons (Fsp3) is 0.611. The van der Waals surface area contributed by atoms with Crippen LogP contribution in [0.3, 0.4) is 0 Å². The van der Waals surface area contributed by atoms with Gasteiger partial charge in [-0.25, -0.2) is 0 Å². The average molecular weight is 288 g/mol. The molecule has 1 amide bonds. The number of rotatable bonds is 3. The lowest BCUT2D eigenvalue weighted by Gasteiger charge is -2.36. The molecule has 116 valence electrons. The first-order valence-electron chi connectivity index (χ1n) is 7.89. The second-order valence-corrected chi connectivity index (χ2v) is 7.38. The summed E-state index contributed by atoms with van der Waals surface area (Å²) in [5.74, 6) is 0.303. The molecule has 0 radical (unpaired) electrons. The van der Waals surface area contributed by atoms with Crippen LogP contribution >= 0.6 is 0 Å². The van der Waals surface area contributed by atoms with Crippen LogP contribution in [0.1, 0.15) is 38.3 Å². The summed E-state index contributed by atoms with van der Waals surface area (Å²) >= 11 is 0. The van der Waals surface area contributed by atoms with E-state index in [4.69, 9.17) is 0 Å². The predicted octanol–water partition coefficient (Wildman–Crippen LogP) is 3.08. The maximum atomic E-state index is 12.2. The maximum Gasteiger partial charge on any atom is 0.223 e. The number of carbonyl (C=O) groups is 1. The molecule has 0 saturated carbocycles. The summed E-state index contributed by atoms with van der Waals surface area (Å²) in [6.45, 7) is 13.2. The molecule has 1 aromatic rings. The zero-order valence-corrected chi connectivity index (χ0v) is 13.9. The van der Waals surface area contributed by atoms with Gasteiger partial charge in [0.25, 0.3) is 0 Å². The molecule has 3 nitrogen and oxygen atoms in total. The number of amides is 1. The van der Waals surface area contributed by atoms with Crippen LogP contribution in [-0.4, -0.2) is 41.9 Å². The van der Waals surface area contributed by atoms with E-state index in [1.54, 1.807) is 0 Å². The number of piperazine rings is 1. The number of benzene rings is 1. The van der Waals surface area contributed by atoms with Crippen molar-refractivity contribution >= 4 is 5.91 Å². The first-order valence-corrected chi connectivity index (χ1v) is 7.89. The molecule has 0 bridgehead atoms. The Balaban J connectivity index is 1.82. The molecule has 0 aromatic heterocycles. The van der Waals surface area contributed by atoms with Gasteiger partial charge in [0, 0.05) is 39.1 Å². The van der Waals surface area contributed by atoms with Crippen LogP contribution in [0.5, 0.6) is 0 Å². The lowest BCUT2D eigenvalue weighted by atomic mass is 9.91. The molecule has 1 aliphatic rings. The molecule has 21 heavy (non-hydrogen) atoms. The minimum absolute atomic E-state index is 0.0791. The van der Waals surface area contributed by atoms with Gasteiger partial charge < -0.3 is 4.90 Å². The molecule has 0 atom stereocenters. The van der Waals surface area contributed by atoms with E-state index in [0.717, 1.165) is 32.7 Å².